The van der Waals surface area contributed by atoms with Gasteiger partial charge in [0.05, 0.1) is 17.2 Å². The number of hydrogen-bond donors (Lipinski definition) is 2. The molecule has 3 aromatic carbocycles. The molecule has 0 saturated carbocycles. The fraction of sp³-hybridized carbons (Fsp3) is 0.120. The smallest absolute Gasteiger partial charge is 0.256 e. The molecule has 0 unspecified atom stereocenters. The number of anilines is 1. The number of nitrogens with zero attached hydrogens (tertiary/aromatic N) is 1. The van der Waals surface area contributed by atoms with E-state index in [-0.39, 0.29) is 17.7 Å². The Kier molecular flexibility index (Phi) is 4.88. The zero-order chi connectivity index (χ0) is 21.2. The van der Waals surface area contributed by atoms with Gasteiger partial charge in [-0.2, -0.15) is 0 Å². The SMILES string of the molecule is O=C(Nc1ccccc1Oc1ccccc1)C1CN(C(=O)c2c[nH]c3ccccc23)C1. The average Bonchev–Trinajstić information content (AvgIpc) is 3.19. The number of H-pyrrole nitrogens is 1. The van der Waals surface area contributed by atoms with Gasteiger partial charge in [0.25, 0.3) is 5.91 Å². The number of ether oxygens (including phenoxy) is 1. The van der Waals surface area contributed by atoms with Gasteiger partial charge in [-0.3, -0.25) is 9.59 Å². The molecule has 6 nitrogen and oxygen atoms in total. The number of rotatable bonds is 5. The molecule has 31 heavy (non-hydrogen) atoms. The first-order valence-corrected chi connectivity index (χ1v) is 10.2. The van der Waals surface area contributed by atoms with E-state index in [2.05, 4.69) is 10.3 Å². The van der Waals surface area contributed by atoms with Crippen molar-refractivity contribution in [2.75, 3.05) is 18.4 Å². The quantitative estimate of drug-likeness (QED) is 0.501. The molecule has 2 heterocycles. The monoisotopic (exact) mass is 411 g/mol. The molecule has 1 aromatic heterocycles. The van der Waals surface area contributed by atoms with Crippen LogP contribution >= 0.6 is 0 Å². The number of aromatic amines is 1. The maximum Gasteiger partial charge on any atom is 0.256 e. The number of nitrogens with one attached hydrogen (secondary N) is 2. The van der Waals surface area contributed by atoms with Gasteiger partial charge in [-0.05, 0) is 30.3 Å². The largest absolute Gasteiger partial charge is 0.455 e. The van der Waals surface area contributed by atoms with Crippen LogP contribution in [0.15, 0.2) is 85.1 Å². The second-order valence-electron chi connectivity index (χ2n) is 7.56. The Hall–Kier alpha value is -4.06. The van der Waals surface area contributed by atoms with E-state index in [4.69, 9.17) is 4.74 Å². The lowest BCUT2D eigenvalue weighted by atomic mass is 9.97. The molecule has 2 N–H and O–H groups in total. The predicted octanol–water partition coefficient (Wildman–Crippen LogP) is 4.67. The van der Waals surface area contributed by atoms with Crippen molar-refractivity contribution in [2.45, 2.75) is 0 Å². The van der Waals surface area contributed by atoms with Crippen molar-refractivity contribution < 1.29 is 14.3 Å². The van der Waals surface area contributed by atoms with E-state index in [9.17, 15) is 9.59 Å². The van der Waals surface area contributed by atoms with Gasteiger partial charge < -0.3 is 19.9 Å². The number of hydrogen-bond acceptors (Lipinski definition) is 3. The number of benzene rings is 3. The summed E-state index contributed by atoms with van der Waals surface area (Å²) in [5.41, 5.74) is 2.17. The Morgan fingerprint density at radius 1 is 0.903 bits per heavy atom. The second kappa shape index (κ2) is 7.99. The summed E-state index contributed by atoms with van der Waals surface area (Å²) in [6, 6.07) is 24.5. The third-order valence-electron chi connectivity index (χ3n) is 5.48. The van der Waals surface area contributed by atoms with E-state index < -0.39 is 0 Å². The van der Waals surface area contributed by atoms with Gasteiger partial charge >= 0.3 is 0 Å². The minimum Gasteiger partial charge on any atom is -0.455 e. The third kappa shape index (κ3) is 3.75. The molecular formula is C25H21N3O3. The zero-order valence-electron chi connectivity index (χ0n) is 16.7. The minimum absolute atomic E-state index is 0.0608. The summed E-state index contributed by atoms with van der Waals surface area (Å²) in [6.45, 7) is 0.789. The Bertz CT molecular complexity index is 1240. The summed E-state index contributed by atoms with van der Waals surface area (Å²) < 4.78 is 5.91. The van der Waals surface area contributed by atoms with Gasteiger partial charge in [-0.25, -0.2) is 0 Å². The molecule has 2 amide bonds. The molecule has 5 rings (SSSR count). The minimum atomic E-state index is -0.251. The molecule has 0 bridgehead atoms. The average molecular weight is 411 g/mol. The Balaban J connectivity index is 1.23. The summed E-state index contributed by atoms with van der Waals surface area (Å²) >= 11 is 0. The number of amides is 2. The molecule has 0 spiro atoms. The van der Waals surface area contributed by atoms with Crippen molar-refractivity contribution in [3.05, 3.63) is 90.6 Å². The summed E-state index contributed by atoms with van der Waals surface area (Å²) in [4.78, 5) is 30.4. The van der Waals surface area contributed by atoms with Crippen LogP contribution in [0.2, 0.25) is 0 Å². The number of aromatic nitrogens is 1. The van der Waals surface area contributed by atoms with Crippen molar-refractivity contribution in [3.63, 3.8) is 0 Å². The van der Waals surface area contributed by atoms with Gasteiger partial charge in [0, 0.05) is 30.2 Å². The highest BCUT2D eigenvalue weighted by Gasteiger charge is 2.37. The second-order valence-corrected chi connectivity index (χ2v) is 7.56. The van der Waals surface area contributed by atoms with E-state index in [1.807, 2.05) is 78.9 Å². The molecule has 1 fully saturated rings. The van der Waals surface area contributed by atoms with Crippen LogP contribution in [0.5, 0.6) is 11.5 Å². The number of likely N-dealkylation sites (tertiary alicyclic amines) is 1. The topological polar surface area (TPSA) is 74.4 Å². The van der Waals surface area contributed by atoms with E-state index >= 15 is 0 Å². The van der Waals surface area contributed by atoms with Crippen molar-refractivity contribution in [2.24, 2.45) is 5.92 Å². The normalized spacial score (nSPS) is 13.6. The van der Waals surface area contributed by atoms with Gasteiger partial charge in [0.1, 0.15) is 5.75 Å². The van der Waals surface area contributed by atoms with Gasteiger partial charge in [-0.1, -0.05) is 48.5 Å². The Morgan fingerprint density at radius 2 is 1.61 bits per heavy atom. The number of carbonyl (C=O) groups excluding carboxylic acids is 2. The van der Waals surface area contributed by atoms with Crippen molar-refractivity contribution in [1.82, 2.24) is 9.88 Å². The van der Waals surface area contributed by atoms with Gasteiger partial charge in [0.2, 0.25) is 5.91 Å². The lowest BCUT2D eigenvalue weighted by Gasteiger charge is -2.38. The first-order valence-electron chi connectivity index (χ1n) is 10.2. The molecule has 1 aliphatic rings. The maximum atomic E-state index is 12.8. The fourth-order valence-electron chi connectivity index (χ4n) is 3.74. The summed E-state index contributed by atoms with van der Waals surface area (Å²) in [6.07, 6.45) is 1.73. The van der Waals surface area contributed by atoms with Gasteiger partial charge in [0.15, 0.2) is 5.75 Å². The maximum absolute atomic E-state index is 12.8. The molecule has 0 atom stereocenters. The van der Waals surface area contributed by atoms with Crippen LogP contribution in [0.25, 0.3) is 10.9 Å². The van der Waals surface area contributed by atoms with Crippen molar-refractivity contribution >= 4 is 28.4 Å². The fourth-order valence-corrected chi connectivity index (χ4v) is 3.74. The van der Waals surface area contributed by atoms with Crippen molar-refractivity contribution in [3.8, 4) is 11.5 Å². The molecular weight excluding hydrogens is 390 g/mol. The molecule has 1 aliphatic heterocycles. The molecule has 0 radical (unpaired) electrons. The van der Waals surface area contributed by atoms with Crippen LogP contribution in [0.4, 0.5) is 5.69 Å². The Labute approximate surface area is 179 Å². The molecule has 4 aromatic rings. The summed E-state index contributed by atoms with van der Waals surface area (Å²) in [5, 5.41) is 3.84. The molecule has 0 aliphatic carbocycles. The van der Waals surface area contributed by atoms with E-state index in [1.54, 1.807) is 11.1 Å². The summed E-state index contributed by atoms with van der Waals surface area (Å²) in [5.74, 6) is 0.844. The van der Waals surface area contributed by atoms with E-state index in [0.717, 1.165) is 10.9 Å². The van der Waals surface area contributed by atoms with E-state index in [0.29, 0.717) is 35.8 Å². The first-order chi connectivity index (χ1) is 15.2. The Morgan fingerprint density at radius 3 is 2.45 bits per heavy atom. The van der Waals surface area contributed by atoms with Crippen LogP contribution in [0.3, 0.4) is 0 Å². The zero-order valence-corrected chi connectivity index (χ0v) is 16.7. The highest BCUT2D eigenvalue weighted by atomic mass is 16.5. The number of carbonyl (C=O) groups is 2. The van der Waals surface area contributed by atoms with Crippen LogP contribution < -0.4 is 10.1 Å². The van der Waals surface area contributed by atoms with Crippen LogP contribution in [0.1, 0.15) is 10.4 Å². The predicted molar refractivity (Wildman–Crippen MR) is 119 cm³/mol. The van der Waals surface area contributed by atoms with E-state index in [1.165, 1.54) is 0 Å². The lowest BCUT2D eigenvalue weighted by Crippen LogP contribution is -2.54. The first kappa shape index (κ1) is 18.9. The van der Waals surface area contributed by atoms with Crippen LogP contribution in [-0.4, -0.2) is 34.8 Å². The third-order valence-corrected chi connectivity index (χ3v) is 5.48. The standard InChI is InChI=1S/C25H21N3O3/c29-24(27-22-12-6-7-13-23(22)31-18-8-2-1-3-9-18)17-15-28(16-17)25(30)20-14-26-21-11-5-4-10-19(20)21/h1-14,17,26H,15-16H2,(H,27,29). The highest BCUT2D eigenvalue weighted by molar-refractivity contribution is 6.07. The molecule has 6 heteroatoms. The highest BCUT2D eigenvalue weighted by Crippen LogP contribution is 2.30. The van der Waals surface area contributed by atoms with Crippen LogP contribution in [0, 0.1) is 5.92 Å². The van der Waals surface area contributed by atoms with Gasteiger partial charge in [-0.15, -0.1) is 0 Å². The number of fused-ring (bicyclic) bond motifs is 1. The lowest BCUT2D eigenvalue weighted by molar-refractivity contribution is -0.123. The molecule has 1 saturated heterocycles. The number of para-hydroxylation sites is 4. The summed E-state index contributed by atoms with van der Waals surface area (Å²) in [7, 11) is 0. The van der Waals surface area contributed by atoms with Crippen LogP contribution in [-0.2, 0) is 4.79 Å². The molecule has 154 valence electrons. The van der Waals surface area contributed by atoms with Crippen molar-refractivity contribution in [1.29, 1.82) is 0 Å².